The molecule has 0 aliphatic heterocycles. The summed E-state index contributed by atoms with van der Waals surface area (Å²) in [6.07, 6.45) is 6.24. The number of methoxy groups -OCH3 is 1. The summed E-state index contributed by atoms with van der Waals surface area (Å²) < 4.78 is 11.5. The first-order valence-electron chi connectivity index (χ1n) is 11.7. The summed E-state index contributed by atoms with van der Waals surface area (Å²) in [5.41, 5.74) is 1.94. The van der Waals surface area contributed by atoms with Crippen LogP contribution in [-0.4, -0.2) is 38.2 Å². The van der Waals surface area contributed by atoms with Gasteiger partial charge in [0, 0.05) is 22.2 Å². The average molecular weight is 482 g/mol. The van der Waals surface area contributed by atoms with E-state index >= 15 is 0 Å². The highest BCUT2D eigenvalue weighted by molar-refractivity contribution is 6.35. The maximum absolute atomic E-state index is 6.24. The van der Waals surface area contributed by atoms with Gasteiger partial charge in [0.2, 0.25) is 0 Å². The minimum atomic E-state index is 0.291. The number of nitrogens with one attached hydrogen (secondary N) is 1. The summed E-state index contributed by atoms with van der Waals surface area (Å²) in [4.78, 5) is 2.61. The van der Waals surface area contributed by atoms with Crippen molar-refractivity contribution < 1.29 is 9.47 Å². The van der Waals surface area contributed by atoms with E-state index in [-0.39, 0.29) is 0 Å². The molecule has 0 amide bonds. The zero-order valence-electron chi connectivity index (χ0n) is 19.8. The van der Waals surface area contributed by atoms with E-state index < -0.39 is 0 Å². The zero-order chi connectivity index (χ0) is 23.2. The van der Waals surface area contributed by atoms with Gasteiger partial charge in [-0.15, -0.1) is 0 Å². The van der Waals surface area contributed by atoms with Gasteiger partial charge >= 0.3 is 0 Å². The van der Waals surface area contributed by atoms with Crippen molar-refractivity contribution in [1.29, 1.82) is 0 Å². The van der Waals surface area contributed by atoms with E-state index in [1.807, 2.05) is 30.3 Å². The molecule has 0 radical (unpaired) electrons. The van der Waals surface area contributed by atoms with E-state index in [2.05, 4.69) is 30.1 Å². The Morgan fingerprint density at radius 2 is 1.53 bits per heavy atom. The predicted octanol–water partition coefficient (Wildman–Crippen LogP) is 6.96. The third-order valence-corrected chi connectivity index (χ3v) is 6.18. The van der Waals surface area contributed by atoms with Crippen LogP contribution in [0.25, 0.3) is 0 Å². The molecular weight excluding hydrogens is 443 g/mol. The lowest BCUT2D eigenvalue weighted by molar-refractivity contribution is 0.261. The molecule has 0 saturated heterocycles. The van der Waals surface area contributed by atoms with E-state index in [1.54, 1.807) is 7.11 Å². The third kappa shape index (κ3) is 9.19. The largest absolute Gasteiger partial charge is 0.493 e. The van der Waals surface area contributed by atoms with Gasteiger partial charge in [-0.3, -0.25) is 0 Å². The van der Waals surface area contributed by atoms with Crippen molar-refractivity contribution in [1.82, 2.24) is 10.2 Å². The maximum atomic E-state index is 6.24. The van der Waals surface area contributed by atoms with Crippen molar-refractivity contribution in [2.75, 3.05) is 33.3 Å². The Labute approximate surface area is 204 Å². The molecule has 6 heteroatoms. The molecular formula is C26H38Cl2N2O2. The van der Waals surface area contributed by atoms with Crippen molar-refractivity contribution in [3.8, 4) is 11.5 Å². The maximum Gasteiger partial charge on any atom is 0.161 e. The molecule has 0 bridgehead atoms. The van der Waals surface area contributed by atoms with Crippen LogP contribution in [0, 0.1) is 0 Å². The minimum Gasteiger partial charge on any atom is -0.493 e. The standard InChI is InChI=1S/C26H38Cl2N2O2/c1-4-6-15-30(16-7-5-2)17-9-14-29-19-21-12-13-25(26(18-21)31-3)32-20-22-23(27)10-8-11-24(22)28/h8,10-13,18,29H,4-7,9,14-17,19-20H2,1-3H3. The van der Waals surface area contributed by atoms with Crippen LogP contribution in [0.5, 0.6) is 11.5 Å². The van der Waals surface area contributed by atoms with Crippen LogP contribution in [0.3, 0.4) is 0 Å². The van der Waals surface area contributed by atoms with E-state index in [1.165, 1.54) is 44.3 Å². The molecule has 0 fully saturated rings. The van der Waals surface area contributed by atoms with Crippen molar-refractivity contribution >= 4 is 23.2 Å². The molecule has 2 aromatic rings. The summed E-state index contributed by atoms with van der Waals surface area (Å²) in [6.45, 7) is 10.2. The van der Waals surface area contributed by atoms with Crippen molar-refractivity contribution in [3.05, 3.63) is 57.6 Å². The molecule has 32 heavy (non-hydrogen) atoms. The Morgan fingerprint density at radius 1 is 0.875 bits per heavy atom. The van der Waals surface area contributed by atoms with E-state index in [4.69, 9.17) is 32.7 Å². The van der Waals surface area contributed by atoms with Crippen molar-refractivity contribution in [2.24, 2.45) is 0 Å². The normalized spacial score (nSPS) is 11.2. The van der Waals surface area contributed by atoms with Gasteiger partial charge in [-0.05, 0) is 75.3 Å². The molecule has 0 spiro atoms. The summed E-state index contributed by atoms with van der Waals surface area (Å²) >= 11 is 12.5. The Kier molecular flexibility index (Phi) is 12.9. The monoisotopic (exact) mass is 480 g/mol. The first kappa shape index (κ1) is 26.8. The first-order chi connectivity index (χ1) is 15.6. The number of benzene rings is 2. The summed E-state index contributed by atoms with van der Waals surface area (Å²) in [6, 6.07) is 11.5. The van der Waals surface area contributed by atoms with Crippen molar-refractivity contribution in [2.45, 2.75) is 59.1 Å². The molecule has 2 rings (SSSR count). The Balaban J connectivity index is 1.80. The van der Waals surface area contributed by atoms with Gasteiger partial charge < -0.3 is 19.7 Å². The molecule has 0 aliphatic rings. The van der Waals surface area contributed by atoms with Gasteiger partial charge in [-0.1, -0.05) is 62.0 Å². The van der Waals surface area contributed by atoms with Crippen molar-refractivity contribution in [3.63, 3.8) is 0 Å². The Morgan fingerprint density at radius 3 is 2.16 bits per heavy atom. The number of rotatable bonds is 16. The molecule has 2 aromatic carbocycles. The van der Waals surface area contributed by atoms with Gasteiger partial charge in [0.1, 0.15) is 6.61 Å². The average Bonchev–Trinajstić information content (AvgIpc) is 2.80. The SMILES string of the molecule is CCCCN(CCCC)CCCNCc1ccc(OCc2c(Cl)cccc2Cl)c(OC)c1. The molecule has 0 atom stereocenters. The molecule has 0 aliphatic carbocycles. The molecule has 178 valence electrons. The Bertz CT molecular complexity index is 773. The van der Waals surface area contributed by atoms with Crippen LogP contribution in [0.4, 0.5) is 0 Å². The number of unbranched alkanes of at least 4 members (excludes halogenated alkanes) is 2. The van der Waals surface area contributed by atoms with E-state index in [9.17, 15) is 0 Å². The van der Waals surface area contributed by atoms with Gasteiger partial charge in [-0.2, -0.15) is 0 Å². The molecule has 0 heterocycles. The summed E-state index contributed by atoms with van der Waals surface area (Å²) in [5, 5.41) is 4.75. The first-order valence-corrected chi connectivity index (χ1v) is 12.5. The minimum absolute atomic E-state index is 0.291. The van der Waals surface area contributed by atoms with E-state index in [0.29, 0.717) is 28.2 Å². The number of hydrogen-bond acceptors (Lipinski definition) is 4. The van der Waals surface area contributed by atoms with Crippen LogP contribution >= 0.6 is 23.2 Å². The number of halogens is 2. The second-order valence-electron chi connectivity index (χ2n) is 8.05. The van der Waals surface area contributed by atoms with E-state index in [0.717, 1.165) is 31.6 Å². The van der Waals surface area contributed by atoms with Crippen LogP contribution < -0.4 is 14.8 Å². The predicted molar refractivity (Wildman–Crippen MR) is 136 cm³/mol. The number of nitrogens with zero attached hydrogens (tertiary/aromatic N) is 1. The quantitative estimate of drug-likeness (QED) is 0.263. The van der Waals surface area contributed by atoms with Gasteiger partial charge in [0.05, 0.1) is 7.11 Å². The fourth-order valence-electron chi connectivity index (χ4n) is 3.52. The van der Waals surface area contributed by atoms with Crippen LogP contribution in [-0.2, 0) is 13.2 Å². The highest BCUT2D eigenvalue weighted by Gasteiger charge is 2.10. The zero-order valence-corrected chi connectivity index (χ0v) is 21.3. The lowest BCUT2D eigenvalue weighted by atomic mass is 10.2. The van der Waals surface area contributed by atoms with Crippen LogP contribution in [0.2, 0.25) is 10.0 Å². The highest BCUT2D eigenvalue weighted by Crippen LogP contribution is 2.31. The lowest BCUT2D eigenvalue weighted by Gasteiger charge is -2.22. The molecule has 0 aromatic heterocycles. The molecule has 0 saturated carbocycles. The number of hydrogen-bond donors (Lipinski definition) is 1. The summed E-state index contributed by atoms with van der Waals surface area (Å²) in [5.74, 6) is 1.38. The fraction of sp³-hybridized carbons (Fsp3) is 0.538. The van der Waals surface area contributed by atoms with Crippen LogP contribution in [0.15, 0.2) is 36.4 Å². The second-order valence-corrected chi connectivity index (χ2v) is 8.87. The topological polar surface area (TPSA) is 33.7 Å². The smallest absolute Gasteiger partial charge is 0.161 e. The van der Waals surface area contributed by atoms with Gasteiger partial charge in [-0.25, -0.2) is 0 Å². The van der Waals surface area contributed by atoms with Crippen LogP contribution in [0.1, 0.15) is 57.1 Å². The Hall–Kier alpha value is -1.46. The highest BCUT2D eigenvalue weighted by atomic mass is 35.5. The molecule has 0 unspecified atom stereocenters. The van der Waals surface area contributed by atoms with Gasteiger partial charge in [0.25, 0.3) is 0 Å². The molecule has 4 nitrogen and oxygen atoms in total. The number of ether oxygens (including phenoxy) is 2. The second kappa shape index (κ2) is 15.4. The lowest BCUT2D eigenvalue weighted by Crippen LogP contribution is -2.29. The fourth-order valence-corrected chi connectivity index (χ4v) is 4.03. The third-order valence-electron chi connectivity index (χ3n) is 5.47. The summed E-state index contributed by atoms with van der Waals surface area (Å²) in [7, 11) is 1.66. The molecule has 1 N–H and O–H groups in total. The van der Waals surface area contributed by atoms with Gasteiger partial charge in [0.15, 0.2) is 11.5 Å².